The molecular weight excluding hydrogens is 222 g/mol. The fraction of sp³-hybridized carbons (Fsp3) is 0.818. The molecule has 1 rings (SSSR count). The summed E-state index contributed by atoms with van der Waals surface area (Å²) in [5.41, 5.74) is 0. The zero-order valence-corrected chi connectivity index (χ0v) is 10.7. The van der Waals surface area contributed by atoms with E-state index in [2.05, 4.69) is 0 Å². The van der Waals surface area contributed by atoms with E-state index in [1.54, 1.807) is 16.8 Å². The molecule has 1 unspecified atom stereocenters. The molecule has 1 aliphatic heterocycles. The highest BCUT2D eigenvalue weighted by molar-refractivity contribution is 5.75. The molecule has 0 spiro atoms. The summed E-state index contributed by atoms with van der Waals surface area (Å²) in [6, 6.07) is -0.00603. The molecule has 1 N–H and O–H groups in total. The number of aliphatic carboxylic acids is 1. The van der Waals surface area contributed by atoms with Crippen LogP contribution in [0.2, 0.25) is 0 Å². The molecule has 0 aromatic rings. The number of rotatable bonds is 5. The van der Waals surface area contributed by atoms with E-state index < -0.39 is 5.97 Å². The summed E-state index contributed by atoms with van der Waals surface area (Å²) in [4.78, 5) is 27.9. The average molecular weight is 243 g/mol. The van der Waals surface area contributed by atoms with Crippen molar-refractivity contribution in [1.82, 2.24) is 14.7 Å². The van der Waals surface area contributed by atoms with Gasteiger partial charge in [0.15, 0.2) is 0 Å². The highest BCUT2D eigenvalue weighted by atomic mass is 16.4. The van der Waals surface area contributed by atoms with Gasteiger partial charge in [0, 0.05) is 39.1 Å². The van der Waals surface area contributed by atoms with Gasteiger partial charge in [-0.15, -0.1) is 0 Å². The summed E-state index contributed by atoms with van der Waals surface area (Å²) >= 11 is 0. The first-order valence-electron chi connectivity index (χ1n) is 5.76. The topological polar surface area (TPSA) is 64.1 Å². The van der Waals surface area contributed by atoms with Crippen molar-refractivity contribution < 1.29 is 14.7 Å². The quantitative estimate of drug-likeness (QED) is 0.738. The van der Waals surface area contributed by atoms with E-state index in [1.807, 2.05) is 19.0 Å². The fourth-order valence-corrected chi connectivity index (χ4v) is 2.04. The zero-order valence-electron chi connectivity index (χ0n) is 10.7. The third-order valence-electron chi connectivity index (χ3n) is 2.89. The summed E-state index contributed by atoms with van der Waals surface area (Å²) in [7, 11) is 5.62. The second kappa shape index (κ2) is 5.86. The molecule has 0 radical (unpaired) electrons. The molecule has 6 heteroatoms. The van der Waals surface area contributed by atoms with Gasteiger partial charge in [0.25, 0.3) is 0 Å². The van der Waals surface area contributed by atoms with E-state index in [-0.39, 0.29) is 18.4 Å². The van der Waals surface area contributed by atoms with Crippen LogP contribution in [0.1, 0.15) is 6.42 Å². The molecule has 0 aromatic carbocycles. The third kappa shape index (κ3) is 4.22. The van der Waals surface area contributed by atoms with Crippen LogP contribution in [-0.4, -0.2) is 79.1 Å². The number of carboxylic acid groups (broad SMARTS) is 1. The monoisotopic (exact) mass is 243 g/mol. The van der Waals surface area contributed by atoms with Crippen LogP contribution in [0.25, 0.3) is 0 Å². The number of amides is 2. The van der Waals surface area contributed by atoms with Gasteiger partial charge in [-0.2, -0.15) is 0 Å². The van der Waals surface area contributed by atoms with Gasteiger partial charge in [-0.3, -0.25) is 4.79 Å². The lowest BCUT2D eigenvalue weighted by Crippen LogP contribution is -2.53. The molecule has 0 bridgehead atoms. The Kier molecular flexibility index (Phi) is 4.74. The highest BCUT2D eigenvalue weighted by Gasteiger charge is 2.30. The van der Waals surface area contributed by atoms with Crippen LogP contribution in [0.3, 0.4) is 0 Å². The van der Waals surface area contributed by atoms with Gasteiger partial charge in [-0.25, -0.2) is 4.79 Å². The van der Waals surface area contributed by atoms with Gasteiger partial charge < -0.3 is 19.8 Å². The Labute approximate surface area is 102 Å². The standard InChI is InChI=1S/C11H21N3O3/c1-12(2)4-5-14-8-9(6-10(15)16)7-13(3)11(14)17/h9H,4-8H2,1-3H3,(H,15,16). The van der Waals surface area contributed by atoms with Crippen LogP contribution in [-0.2, 0) is 4.79 Å². The Morgan fingerprint density at radius 1 is 1.47 bits per heavy atom. The Morgan fingerprint density at radius 3 is 2.65 bits per heavy atom. The molecule has 0 saturated carbocycles. The van der Waals surface area contributed by atoms with Gasteiger partial charge in [-0.1, -0.05) is 0 Å². The molecule has 0 aromatic heterocycles. The van der Waals surface area contributed by atoms with Crippen LogP contribution < -0.4 is 0 Å². The minimum Gasteiger partial charge on any atom is -0.481 e. The molecule has 6 nitrogen and oxygen atoms in total. The number of carboxylic acids is 1. The number of carbonyl (C=O) groups excluding carboxylic acids is 1. The van der Waals surface area contributed by atoms with Crippen molar-refractivity contribution in [2.24, 2.45) is 5.92 Å². The average Bonchev–Trinajstić information content (AvgIpc) is 2.20. The minimum absolute atomic E-state index is 0.00603. The number of likely N-dealkylation sites (N-methyl/N-ethyl adjacent to an activating group) is 1. The van der Waals surface area contributed by atoms with E-state index in [0.29, 0.717) is 19.6 Å². The molecule has 0 aliphatic carbocycles. The van der Waals surface area contributed by atoms with E-state index >= 15 is 0 Å². The maximum atomic E-state index is 11.9. The predicted molar refractivity (Wildman–Crippen MR) is 63.9 cm³/mol. The van der Waals surface area contributed by atoms with Gasteiger partial charge >= 0.3 is 12.0 Å². The van der Waals surface area contributed by atoms with Crippen LogP contribution in [0.15, 0.2) is 0 Å². The number of urea groups is 1. The molecule has 1 atom stereocenters. The second-order valence-corrected chi connectivity index (χ2v) is 4.88. The van der Waals surface area contributed by atoms with Crippen LogP contribution in [0, 0.1) is 5.92 Å². The van der Waals surface area contributed by atoms with Crippen molar-refractivity contribution in [3.8, 4) is 0 Å². The molecule has 1 heterocycles. The van der Waals surface area contributed by atoms with Gasteiger partial charge in [-0.05, 0) is 14.1 Å². The molecule has 1 fully saturated rings. The Hall–Kier alpha value is -1.30. The Balaban J connectivity index is 2.55. The predicted octanol–water partition coefficient (Wildman–Crippen LogP) is 0.00630. The van der Waals surface area contributed by atoms with E-state index in [0.717, 1.165) is 6.54 Å². The van der Waals surface area contributed by atoms with Crippen molar-refractivity contribution in [2.75, 3.05) is 47.3 Å². The van der Waals surface area contributed by atoms with Crippen LogP contribution >= 0.6 is 0 Å². The van der Waals surface area contributed by atoms with Gasteiger partial charge in [0.05, 0.1) is 6.42 Å². The van der Waals surface area contributed by atoms with Crippen molar-refractivity contribution in [3.63, 3.8) is 0 Å². The smallest absolute Gasteiger partial charge is 0.319 e. The fourth-order valence-electron chi connectivity index (χ4n) is 2.04. The lowest BCUT2D eigenvalue weighted by molar-refractivity contribution is -0.138. The molecule has 17 heavy (non-hydrogen) atoms. The maximum Gasteiger partial charge on any atom is 0.319 e. The first-order valence-corrected chi connectivity index (χ1v) is 5.76. The summed E-state index contributed by atoms with van der Waals surface area (Å²) in [6.45, 7) is 2.51. The Morgan fingerprint density at radius 2 is 2.12 bits per heavy atom. The minimum atomic E-state index is -0.801. The normalized spacial score (nSPS) is 21.2. The van der Waals surface area contributed by atoms with Crippen molar-refractivity contribution >= 4 is 12.0 Å². The van der Waals surface area contributed by atoms with Gasteiger partial charge in [0.1, 0.15) is 0 Å². The first kappa shape index (κ1) is 13.8. The molecular formula is C11H21N3O3. The Bertz CT molecular complexity index is 294. The number of hydrogen-bond acceptors (Lipinski definition) is 3. The SMILES string of the molecule is CN(C)CCN1CC(CC(=O)O)CN(C)C1=O. The first-order chi connectivity index (χ1) is 7.90. The summed E-state index contributed by atoms with van der Waals surface area (Å²) in [6.07, 6.45) is 0.121. The lowest BCUT2D eigenvalue weighted by Gasteiger charge is -2.38. The zero-order chi connectivity index (χ0) is 13.0. The second-order valence-electron chi connectivity index (χ2n) is 4.88. The van der Waals surface area contributed by atoms with Crippen molar-refractivity contribution in [3.05, 3.63) is 0 Å². The van der Waals surface area contributed by atoms with Crippen LogP contribution in [0.4, 0.5) is 4.79 Å². The summed E-state index contributed by atoms with van der Waals surface area (Å²) in [5, 5.41) is 8.79. The third-order valence-corrected chi connectivity index (χ3v) is 2.89. The maximum absolute atomic E-state index is 11.9. The molecule has 1 aliphatic rings. The number of hydrogen-bond donors (Lipinski definition) is 1. The largest absolute Gasteiger partial charge is 0.481 e. The van der Waals surface area contributed by atoms with Crippen molar-refractivity contribution in [2.45, 2.75) is 6.42 Å². The van der Waals surface area contributed by atoms with Crippen LogP contribution in [0.5, 0.6) is 0 Å². The molecule has 98 valence electrons. The number of carbonyl (C=O) groups is 2. The summed E-state index contributed by atoms with van der Waals surface area (Å²) in [5.74, 6) is -0.775. The van der Waals surface area contributed by atoms with E-state index in [1.165, 1.54) is 0 Å². The van der Waals surface area contributed by atoms with E-state index in [9.17, 15) is 9.59 Å². The van der Waals surface area contributed by atoms with Gasteiger partial charge in [0.2, 0.25) is 0 Å². The number of nitrogens with zero attached hydrogens (tertiary/aromatic N) is 3. The van der Waals surface area contributed by atoms with Crippen molar-refractivity contribution in [1.29, 1.82) is 0 Å². The lowest BCUT2D eigenvalue weighted by atomic mass is 10.0. The highest BCUT2D eigenvalue weighted by Crippen LogP contribution is 2.16. The molecule has 1 saturated heterocycles. The summed E-state index contributed by atoms with van der Waals surface area (Å²) < 4.78 is 0. The molecule has 2 amide bonds. The van der Waals surface area contributed by atoms with E-state index in [4.69, 9.17) is 5.11 Å².